The normalized spacial score (nSPS) is 16.4. The standard InChI is InChI=1S/C16H32N4O2/c1-17-16(20-13-15(21)18-11-12-22-2)19-10-6-9-14-7-4-3-5-8-14/h14H,3-13H2,1-2H3,(H,18,21)(H2,17,19,20). The second-order valence-electron chi connectivity index (χ2n) is 5.84. The Hall–Kier alpha value is -1.30. The van der Waals surface area contributed by atoms with Gasteiger partial charge in [-0.3, -0.25) is 9.79 Å². The quantitative estimate of drug-likeness (QED) is 0.340. The summed E-state index contributed by atoms with van der Waals surface area (Å²) in [5.41, 5.74) is 0. The number of nitrogens with zero attached hydrogens (tertiary/aromatic N) is 1. The van der Waals surface area contributed by atoms with Gasteiger partial charge in [0.2, 0.25) is 5.91 Å². The Bertz CT molecular complexity index is 328. The van der Waals surface area contributed by atoms with E-state index in [1.54, 1.807) is 14.2 Å². The Kier molecular flexibility index (Phi) is 10.5. The highest BCUT2D eigenvalue weighted by Crippen LogP contribution is 2.26. The predicted octanol–water partition coefficient (Wildman–Crippen LogP) is 1.27. The summed E-state index contributed by atoms with van der Waals surface area (Å²) in [4.78, 5) is 15.7. The number of ether oxygens (including phenoxy) is 1. The average Bonchev–Trinajstić information content (AvgIpc) is 2.55. The summed E-state index contributed by atoms with van der Waals surface area (Å²) in [6.07, 6.45) is 9.47. The van der Waals surface area contributed by atoms with E-state index in [0.717, 1.165) is 18.9 Å². The highest BCUT2D eigenvalue weighted by molar-refractivity contribution is 5.86. The number of carbonyl (C=O) groups is 1. The van der Waals surface area contributed by atoms with Crippen LogP contribution in [0, 0.1) is 5.92 Å². The first kappa shape index (κ1) is 18.7. The van der Waals surface area contributed by atoms with Gasteiger partial charge in [0.1, 0.15) is 0 Å². The molecule has 0 aromatic rings. The zero-order chi connectivity index (χ0) is 16.0. The number of carbonyl (C=O) groups excluding carboxylic acids is 1. The predicted molar refractivity (Wildman–Crippen MR) is 90.1 cm³/mol. The Morgan fingerprint density at radius 1 is 1.14 bits per heavy atom. The van der Waals surface area contributed by atoms with Gasteiger partial charge in [-0.25, -0.2) is 0 Å². The molecule has 128 valence electrons. The average molecular weight is 312 g/mol. The lowest BCUT2D eigenvalue weighted by atomic mass is 9.86. The number of aliphatic imine (C=N–C) groups is 1. The third-order valence-electron chi connectivity index (χ3n) is 4.07. The van der Waals surface area contributed by atoms with Gasteiger partial charge in [0.05, 0.1) is 13.2 Å². The van der Waals surface area contributed by atoms with Crippen LogP contribution in [0.3, 0.4) is 0 Å². The Morgan fingerprint density at radius 2 is 1.91 bits per heavy atom. The number of amides is 1. The molecule has 6 nitrogen and oxygen atoms in total. The van der Waals surface area contributed by atoms with Crippen LogP contribution in [-0.4, -0.2) is 52.3 Å². The third kappa shape index (κ3) is 8.87. The molecule has 3 N–H and O–H groups in total. The topological polar surface area (TPSA) is 74.8 Å². The molecule has 0 atom stereocenters. The van der Waals surface area contributed by atoms with Crippen LogP contribution in [0.25, 0.3) is 0 Å². The van der Waals surface area contributed by atoms with Crippen LogP contribution in [0.5, 0.6) is 0 Å². The summed E-state index contributed by atoms with van der Waals surface area (Å²) in [5.74, 6) is 1.55. The van der Waals surface area contributed by atoms with Crippen LogP contribution in [-0.2, 0) is 9.53 Å². The molecule has 0 unspecified atom stereocenters. The molecule has 0 aromatic carbocycles. The van der Waals surface area contributed by atoms with Gasteiger partial charge in [-0.15, -0.1) is 0 Å². The van der Waals surface area contributed by atoms with Gasteiger partial charge in [0.25, 0.3) is 0 Å². The van der Waals surface area contributed by atoms with Crippen LogP contribution >= 0.6 is 0 Å². The van der Waals surface area contributed by atoms with Crippen molar-refractivity contribution in [3.8, 4) is 0 Å². The maximum Gasteiger partial charge on any atom is 0.239 e. The summed E-state index contributed by atoms with van der Waals surface area (Å²) < 4.78 is 4.88. The number of nitrogens with one attached hydrogen (secondary N) is 3. The van der Waals surface area contributed by atoms with E-state index in [1.807, 2.05) is 0 Å². The molecule has 0 bridgehead atoms. The molecule has 1 saturated carbocycles. The van der Waals surface area contributed by atoms with Crippen molar-refractivity contribution in [2.75, 3.05) is 40.4 Å². The van der Waals surface area contributed by atoms with Gasteiger partial charge >= 0.3 is 0 Å². The molecule has 0 aliphatic heterocycles. The fourth-order valence-corrected chi connectivity index (χ4v) is 2.81. The van der Waals surface area contributed by atoms with E-state index in [-0.39, 0.29) is 12.5 Å². The summed E-state index contributed by atoms with van der Waals surface area (Å²) in [6.45, 7) is 2.19. The van der Waals surface area contributed by atoms with Gasteiger partial charge in [0, 0.05) is 27.2 Å². The van der Waals surface area contributed by atoms with Crippen molar-refractivity contribution in [1.29, 1.82) is 0 Å². The zero-order valence-corrected chi connectivity index (χ0v) is 14.1. The highest BCUT2D eigenvalue weighted by atomic mass is 16.5. The minimum atomic E-state index is -0.0535. The number of guanidine groups is 1. The molecule has 1 aliphatic rings. The van der Waals surface area contributed by atoms with E-state index in [4.69, 9.17) is 4.74 Å². The second kappa shape index (κ2) is 12.3. The zero-order valence-electron chi connectivity index (χ0n) is 14.1. The second-order valence-corrected chi connectivity index (χ2v) is 5.84. The summed E-state index contributed by atoms with van der Waals surface area (Å²) in [5, 5.41) is 9.05. The lowest BCUT2D eigenvalue weighted by Crippen LogP contribution is -2.43. The lowest BCUT2D eigenvalue weighted by molar-refractivity contribution is -0.120. The van der Waals surface area contributed by atoms with Crippen LogP contribution in [0.1, 0.15) is 44.9 Å². The van der Waals surface area contributed by atoms with Crippen molar-refractivity contribution in [2.45, 2.75) is 44.9 Å². The van der Waals surface area contributed by atoms with Gasteiger partial charge in [-0.2, -0.15) is 0 Å². The minimum absolute atomic E-state index is 0.0535. The SMILES string of the molecule is CN=C(NCCCC1CCCCC1)NCC(=O)NCCOC. The molecule has 6 heteroatoms. The first-order valence-corrected chi connectivity index (χ1v) is 8.46. The summed E-state index contributed by atoms with van der Waals surface area (Å²) in [7, 11) is 3.34. The number of hydrogen-bond acceptors (Lipinski definition) is 3. The van der Waals surface area contributed by atoms with E-state index in [2.05, 4.69) is 20.9 Å². The first-order chi connectivity index (χ1) is 10.8. The monoisotopic (exact) mass is 312 g/mol. The van der Waals surface area contributed by atoms with Crippen LogP contribution < -0.4 is 16.0 Å². The molecule has 0 saturated heterocycles. The van der Waals surface area contributed by atoms with Gasteiger partial charge < -0.3 is 20.7 Å². The van der Waals surface area contributed by atoms with Crippen LogP contribution in [0.4, 0.5) is 0 Å². The molecule has 0 radical (unpaired) electrons. The molecule has 1 fully saturated rings. The summed E-state index contributed by atoms with van der Waals surface area (Å²) >= 11 is 0. The van der Waals surface area contributed by atoms with E-state index in [1.165, 1.54) is 38.5 Å². The van der Waals surface area contributed by atoms with E-state index < -0.39 is 0 Å². The van der Waals surface area contributed by atoms with E-state index >= 15 is 0 Å². The Balaban J connectivity index is 2.05. The van der Waals surface area contributed by atoms with Crippen LogP contribution in [0.15, 0.2) is 4.99 Å². The van der Waals surface area contributed by atoms with Crippen molar-refractivity contribution < 1.29 is 9.53 Å². The lowest BCUT2D eigenvalue weighted by Gasteiger charge is -2.21. The minimum Gasteiger partial charge on any atom is -0.383 e. The summed E-state index contributed by atoms with van der Waals surface area (Å²) in [6, 6.07) is 0. The van der Waals surface area contributed by atoms with Crippen molar-refractivity contribution >= 4 is 11.9 Å². The number of methoxy groups -OCH3 is 1. The van der Waals surface area contributed by atoms with E-state index in [0.29, 0.717) is 19.1 Å². The van der Waals surface area contributed by atoms with Gasteiger partial charge in [0.15, 0.2) is 5.96 Å². The van der Waals surface area contributed by atoms with Crippen molar-refractivity contribution in [3.05, 3.63) is 0 Å². The van der Waals surface area contributed by atoms with Gasteiger partial charge in [-0.05, 0) is 18.8 Å². The molecular weight excluding hydrogens is 280 g/mol. The Morgan fingerprint density at radius 3 is 2.59 bits per heavy atom. The molecule has 1 rings (SSSR count). The fraction of sp³-hybridized carbons (Fsp3) is 0.875. The van der Waals surface area contributed by atoms with E-state index in [9.17, 15) is 4.79 Å². The van der Waals surface area contributed by atoms with Crippen LogP contribution in [0.2, 0.25) is 0 Å². The molecule has 1 amide bonds. The van der Waals surface area contributed by atoms with Crippen molar-refractivity contribution in [2.24, 2.45) is 10.9 Å². The molecule has 1 aliphatic carbocycles. The molecule has 22 heavy (non-hydrogen) atoms. The number of hydrogen-bond donors (Lipinski definition) is 3. The first-order valence-electron chi connectivity index (χ1n) is 8.46. The maximum atomic E-state index is 11.6. The fourth-order valence-electron chi connectivity index (χ4n) is 2.81. The molecule has 0 spiro atoms. The number of rotatable bonds is 9. The largest absolute Gasteiger partial charge is 0.383 e. The Labute approximate surface area is 134 Å². The maximum absolute atomic E-state index is 11.6. The molecule has 0 aromatic heterocycles. The molecular formula is C16H32N4O2. The van der Waals surface area contributed by atoms with Crippen molar-refractivity contribution in [1.82, 2.24) is 16.0 Å². The third-order valence-corrected chi connectivity index (χ3v) is 4.07. The molecule has 0 heterocycles. The van der Waals surface area contributed by atoms with Crippen molar-refractivity contribution in [3.63, 3.8) is 0 Å². The highest BCUT2D eigenvalue weighted by Gasteiger charge is 2.12. The van der Waals surface area contributed by atoms with Gasteiger partial charge in [-0.1, -0.05) is 32.1 Å². The smallest absolute Gasteiger partial charge is 0.239 e.